The van der Waals surface area contributed by atoms with E-state index in [0.717, 1.165) is 75.7 Å². The Bertz CT molecular complexity index is 2880. The zero-order chi connectivity index (χ0) is 46.0. The average Bonchev–Trinajstić information content (AvgIpc) is 3.97. The van der Waals surface area contributed by atoms with Gasteiger partial charge in [0.15, 0.2) is 11.6 Å². The summed E-state index contributed by atoms with van der Waals surface area (Å²) in [6.07, 6.45) is 11.7. The molecule has 0 bridgehead atoms. The summed E-state index contributed by atoms with van der Waals surface area (Å²) in [6, 6.07) is 10.9. The van der Waals surface area contributed by atoms with E-state index in [1.54, 1.807) is 31.8 Å². The van der Waals surface area contributed by atoms with Crippen LogP contribution in [0.25, 0.3) is 11.4 Å². The second-order valence-electron chi connectivity index (χ2n) is 18.1. The number of likely N-dealkylation sites (N-methyl/N-ethyl adjacent to an activating group) is 1. The zero-order valence-corrected chi connectivity index (χ0v) is 38.7. The highest BCUT2D eigenvalue weighted by atomic mass is 16.5. The van der Waals surface area contributed by atoms with Crippen LogP contribution in [0.2, 0.25) is 0 Å². The van der Waals surface area contributed by atoms with Crippen LogP contribution in [0.3, 0.4) is 0 Å². The largest absolute Gasteiger partial charge is 0.494 e. The number of aromatic nitrogens is 8. The van der Waals surface area contributed by atoms with Gasteiger partial charge >= 0.3 is 0 Å². The summed E-state index contributed by atoms with van der Waals surface area (Å²) < 4.78 is 15.4. The lowest BCUT2D eigenvalue weighted by Gasteiger charge is -2.54. The molecule has 4 atom stereocenters. The number of nitrogens with one attached hydrogen (secondary N) is 3. The number of benzene rings is 2. The van der Waals surface area contributed by atoms with Crippen molar-refractivity contribution in [1.29, 1.82) is 0 Å². The highest BCUT2D eigenvalue weighted by molar-refractivity contribution is 6.06. The Morgan fingerprint density at radius 2 is 1.35 bits per heavy atom. The zero-order valence-electron chi connectivity index (χ0n) is 38.7. The van der Waals surface area contributed by atoms with Crippen molar-refractivity contribution in [1.82, 2.24) is 39.0 Å². The number of anilines is 8. The Morgan fingerprint density at radius 1 is 0.773 bits per heavy atom. The summed E-state index contributed by atoms with van der Waals surface area (Å²) >= 11 is 0. The number of piperidine rings is 2. The van der Waals surface area contributed by atoms with Crippen molar-refractivity contribution in [2.75, 3.05) is 65.0 Å². The van der Waals surface area contributed by atoms with Gasteiger partial charge < -0.3 is 49.3 Å². The number of methoxy groups -OCH3 is 2. The first kappa shape index (κ1) is 42.7. The van der Waals surface area contributed by atoms with Gasteiger partial charge in [0.1, 0.15) is 35.0 Å². The molecular formula is C48H56N14O4. The summed E-state index contributed by atoms with van der Waals surface area (Å²) in [5, 5.41) is 10.1. The first-order valence-electron chi connectivity index (χ1n) is 22.7. The molecule has 0 radical (unpaired) electrons. The van der Waals surface area contributed by atoms with Gasteiger partial charge in [0.05, 0.1) is 61.0 Å². The molecule has 18 nitrogen and oxygen atoms in total. The Labute approximate surface area is 383 Å². The molecule has 2 amide bonds. The van der Waals surface area contributed by atoms with Crippen LogP contribution in [0.15, 0.2) is 61.4 Å². The smallest absolute Gasteiger partial charge is 0.249 e. The van der Waals surface area contributed by atoms with Crippen molar-refractivity contribution >= 4 is 58.1 Å². The molecule has 2 saturated heterocycles. The van der Waals surface area contributed by atoms with Crippen LogP contribution in [0, 0.1) is 25.2 Å². The van der Waals surface area contributed by atoms with E-state index in [1.165, 1.54) is 0 Å². The maximum Gasteiger partial charge on any atom is 0.249 e. The molecule has 66 heavy (non-hydrogen) atoms. The molecule has 10 rings (SSSR count). The van der Waals surface area contributed by atoms with E-state index in [1.807, 2.05) is 92.7 Å². The van der Waals surface area contributed by atoms with Crippen LogP contribution in [-0.2, 0) is 22.4 Å². The average molecular weight is 893 g/mol. The van der Waals surface area contributed by atoms with Crippen LogP contribution < -0.4 is 40.1 Å². The number of carbonyl (C=O) groups is 2. The molecule has 0 saturated carbocycles. The number of ether oxygens (including phenoxy) is 2. The van der Waals surface area contributed by atoms with Crippen LogP contribution in [-0.4, -0.2) is 97.3 Å². The fourth-order valence-corrected chi connectivity index (χ4v) is 10.4. The number of nitrogens with zero attached hydrogens (tertiary/aromatic N) is 11. The molecule has 2 aromatic carbocycles. The van der Waals surface area contributed by atoms with Crippen molar-refractivity contribution in [2.24, 2.45) is 11.3 Å². The van der Waals surface area contributed by atoms with Crippen molar-refractivity contribution in [3.63, 3.8) is 0 Å². The Balaban J connectivity index is 0.877. The third-order valence-corrected chi connectivity index (χ3v) is 14.0. The molecule has 4 aliphatic heterocycles. The van der Waals surface area contributed by atoms with Crippen molar-refractivity contribution < 1.29 is 19.1 Å². The standard InChI is InChI=1S/C48H56N14O4/c1-9-32-40-42(56-46(53-32)51-30-11-13-34(38(20-30)65-7)59-23-27(3)49-25-59)62-18-16-48(5,22-37(62)44(63)55-40)29-15-17-61-36(19-29)45(64)58(6)41-33(10-2)54-47(57-43(41)61)52-31-12-14-35(39(21-31)66-8)60-24-28(4)50-26-60/h11-14,20-21,23-26,29,36-37H,9-10,15-19,22H2,1-8H3,(H,55,63)(H,51,53,56)(H,52,54,57). The van der Waals surface area contributed by atoms with Crippen molar-refractivity contribution in [3.8, 4) is 22.9 Å². The molecule has 8 heterocycles. The first-order valence-corrected chi connectivity index (χ1v) is 22.7. The number of imidazole rings is 2. The summed E-state index contributed by atoms with van der Waals surface area (Å²) in [5.41, 5.74) is 7.88. The summed E-state index contributed by atoms with van der Waals surface area (Å²) in [7, 11) is 5.13. The second kappa shape index (κ2) is 16.6. The Hall–Kier alpha value is -7.24. The van der Waals surface area contributed by atoms with Crippen LogP contribution in [0.4, 0.5) is 46.3 Å². The van der Waals surface area contributed by atoms with E-state index in [2.05, 4.69) is 42.6 Å². The molecule has 4 aliphatic rings. The fraction of sp³-hybridized carbons (Fsp3) is 0.417. The number of rotatable bonds is 11. The minimum Gasteiger partial charge on any atom is -0.494 e. The molecule has 0 spiro atoms. The third-order valence-electron chi connectivity index (χ3n) is 14.0. The van der Waals surface area contributed by atoms with E-state index >= 15 is 0 Å². The monoisotopic (exact) mass is 892 g/mol. The van der Waals surface area contributed by atoms with Gasteiger partial charge in [-0.15, -0.1) is 0 Å². The Morgan fingerprint density at radius 3 is 1.91 bits per heavy atom. The van der Waals surface area contributed by atoms with Gasteiger partial charge in [-0.3, -0.25) is 9.59 Å². The van der Waals surface area contributed by atoms with Gasteiger partial charge in [0.2, 0.25) is 23.7 Å². The summed E-state index contributed by atoms with van der Waals surface area (Å²) in [5.74, 6) is 3.92. The summed E-state index contributed by atoms with van der Waals surface area (Å²) in [6.45, 7) is 11.6. The lowest BCUT2D eigenvalue weighted by Crippen LogP contribution is -2.60. The number of hydrogen-bond donors (Lipinski definition) is 3. The summed E-state index contributed by atoms with van der Waals surface area (Å²) in [4.78, 5) is 63.2. The second-order valence-corrected chi connectivity index (χ2v) is 18.1. The molecule has 18 heteroatoms. The minimum absolute atomic E-state index is 0.0413. The quantitative estimate of drug-likeness (QED) is 0.120. The van der Waals surface area contributed by atoms with Crippen LogP contribution >= 0.6 is 0 Å². The molecule has 2 fully saturated rings. The molecule has 3 N–H and O–H groups in total. The van der Waals surface area contributed by atoms with E-state index in [0.29, 0.717) is 67.9 Å². The number of fused-ring (bicyclic) bond motifs is 6. The maximum absolute atomic E-state index is 14.4. The highest BCUT2D eigenvalue weighted by Crippen LogP contribution is 2.51. The van der Waals surface area contributed by atoms with Gasteiger partial charge in [0, 0.05) is 56.0 Å². The fourth-order valence-electron chi connectivity index (χ4n) is 10.4. The lowest BCUT2D eigenvalue weighted by atomic mass is 9.63. The third kappa shape index (κ3) is 7.37. The van der Waals surface area contributed by atoms with E-state index in [4.69, 9.17) is 29.4 Å². The first-order chi connectivity index (χ1) is 31.9. The van der Waals surface area contributed by atoms with E-state index in [9.17, 15) is 9.59 Å². The Kier molecular flexibility index (Phi) is 10.8. The lowest BCUT2D eigenvalue weighted by molar-refractivity contribution is -0.122. The van der Waals surface area contributed by atoms with Gasteiger partial charge in [-0.25, -0.2) is 19.9 Å². The number of carbonyl (C=O) groups excluding carboxylic acids is 2. The SMILES string of the molecule is CCc1nc(Nc2ccc(-n3cnc(C)c3)c(OC)c2)nc2c1NC(=O)C1CC(C)(C3CCN4c5nc(Nc6ccc(-n7cnc(C)c7)c(OC)c6)nc(CC)c5N(C)C(=O)C4C3)CCN21. The molecule has 4 aromatic heterocycles. The van der Waals surface area contributed by atoms with Gasteiger partial charge in [-0.1, -0.05) is 20.8 Å². The van der Waals surface area contributed by atoms with Crippen LogP contribution in [0.5, 0.6) is 11.5 Å². The number of amides is 2. The van der Waals surface area contributed by atoms with Crippen molar-refractivity contribution in [3.05, 3.63) is 84.2 Å². The minimum atomic E-state index is -0.421. The molecule has 4 unspecified atom stereocenters. The molecular weight excluding hydrogens is 837 g/mol. The van der Waals surface area contributed by atoms with Gasteiger partial charge in [0.25, 0.3) is 0 Å². The maximum atomic E-state index is 14.4. The number of hydrogen-bond acceptors (Lipinski definition) is 14. The number of aryl methyl sites for hydroxylation is 4. The van der Waals surface area contributed by atoms with Crippen LogP contribution in [0.1, 0.15) is 69.2 Å². The van der Waals surface area contributed by atoms with Gasteiger partial charge in [-0.05, 0) is 88.0 Å². The van der Waals surface area contributed by atoms with E-state index < -0.39 is 12.1 Å². The highest BCUT2D eigenvalue weighted by Gasteiger charge is 2.51. The topological polar surface area (TPSA) is 186 Å². The molecule has 342 valence electrons. The predicted molar refractivity (Wildman–Crippen MR) is 253 cm³/mol. The molecule has 6 aromatic rings. The van der Waals surface area contributed by atoms with E-state index in [-0.39, 0.29) is 23.1 Å². The molecule has 0 aliphatic carbocycles. The van der Waals surface area contributed by atoms with Crippen molar-refractivity contribution in [2.45, 2.75) is 85.2 Å². The normalized spacial score (nSPS) is 21.1. The van der Waals surface area contributed by atoms with Gasteiger partial charge in [-0.2, -0.15) is 9.97 Å². The predicted octanol–water partition coefficient (Wildman–Crippen LogP) is 7.07.